The van der Waals surface area contributed by atoms with E-state index in [1.54, 1.807) is 7.11 Å². The summed E-state index contributed by atoms with van der Waals surface area (Å²) in [5, 5.41) is 3.40. The highest BCUT2D eigenvalue weighted by molar-refractivity contribution is 9.10. The van der Waals surface area contributed by atoms with E-state index in [0.29, 0.717) is 5.41 Å². The molecule has 108 valence electrons. The number of halogens is 1. The minimum Gasteiger partial charge on any atom is -0.497 e. The quantitative estimate of drug-likeness (QED) is 0.714. The molecule has 1 rings (SSSR count). The Morgan fingerprint density at radius 3 is 2.58 bits per heavy atom. The Labute approximate surface area is 126 Å². The molecule has 0 bridgehead atoms. The van der Waals surface area contributed by atoms with Crippen LogP contribution in [-0.2, 0) is 6.42 Å². The predicted molar refractivity (Wildman–Crippen MR) is 86.0 cm³/mol. The zero-order chi connectivity index (χ0) is 14.3. The molecule has 2 nitrogen and oxygen atoms in total. The van der Waals surface area contributed by atoms with Crippen LogP contribution >= 0.6 is 15.9 Å². The van der Waals surface area contributed by atoms with E-state index >= 15 is 0 Å². The van der Waals surface area contributed by atoms with Crippen LogP contribution in [-0.4, -0.2) is 20.2 Å². The summed E-state index contributed by atoms with van der Waals surface area (Å²) in [7, 11) is 1.70. The van der Waals surface area contributed by atoms with E-state index in [1.165, 1.54) is 18.4 Å². The molecule has 0 spiro atoms. The third kappa shape index (κ3) is 5.96. The first-order chi connectivity index (χ1) is 8.98. The average Bonchev–Trinajstić information content (AvgIpc) is 2.37. The van der Waals surface area contributed by atoms with Crippen molar-refractivity contribution in [3.63, 3.8) is 0 Å². The van der Waals surface area contributed by atoms with E-state index < -0.39 is 0 Å². The highest BCUT2D eigenvalue weighted by Gasteiger charge is 2.17. The van der Waals surface area contributed by atoms with Gasteiger partial charge in [-0.1, -0.05) is 42.8 Å². The largest absolute Gasteiger partial charge is 0.497 e. The van der Waals surface area contributed by atoms with Crippen LogP contribution in [0.3, 0.4) is 0 Å². The van der Waals surface area contributed by atoms with Crippen molar-refractivity contribution < 1.29 is 4.74 Å². The SMILES string of the molecule is CCNCCC(C)(C)CCc1ccc(OC)cc1Br. The second-order valence-corrected chi connectivity index (χ2v) is 6.58. The molecule has 0 aliphatic carbocycles. The number of methoxy groups -OCH3 is 1. The van der Waals surface area contributed by atoms with Gasteiger partial charge in [0.05, 0.1) is 7.11 Å². The van der Waals surface area contributed by atoms with Gasteiger partial charge in [0, 0.05) is 4.47 Å². The van der Waals surface area contributed by atoms with Gasteiger partial charge >= 0.3 is 0 Å². The molecule has 0 radical (unpaired) electrons. The van der Waals surface area contributed by atoms with E-state index in [2.05, 4.69) is 48.1 Å². The second-order valence-electron chi connectivity index (χ2n) is 5.73. The zero-order valence-corrected chi connectivity index (χ0v) is 14.1. The summed E-state index contributed by atoms with van der Waals surface area (Å²) in [5.74, 6) is 0.905. The van der Waals surface area contributed by atoms with Gasteiger partial charge in [0.2, 0.25) is 0 Å². The van der Waals surface area contributed by atoms with Gasteiger partial charge in [0.15, 0.2) is 0 Å². The maximum Gasteiger partial charge on any atom is 0.120 e. The van der Waals surface area contributed by atoms with Gasteiger partial charge in [-0.2, -0.15) is 0 Å². The van der Waals surface area contributed by atoms with Crippen LogP contribution in [0.25, 0.3) is 0 Å². The summed E-state index contributed by atoms with van der Waals surface area (Å²) in [5.41, 5.74) is 1.74. The van der Waals surface area contributed by atoms with E-state index in [9.17, 15) is 0 Å². The fourth-order valence-corrected chi connectivity index (χ4v) is 2.62. The van der Waals surface area contributed by atoms with Gasteiger partial charge < -0.3 is 10.1 Å². The first kappa shape index (κ1) is 16.5. The number of aryl methyl sites for hydroxylation is 1. The number of hydrogen-bond acceptors (Lipinski definition) is 2. The molecule has 1 N–H and O–H groups in total. The fraction of sp³-hybridized carbons (Fsp3) is 0.625. The summed E-state index contributed by atoms with van der Waals surface area (Å²) in [6.45, 7) is 9.01. The first-order valence-electron chi connectivity index (χ1n) is 7.01. The van der Waals surface area contributed by atoms with E-state index in [-0.39, 0.29) is 0 Å². The predicted octanol–water partition coefficient (Wildman–Crippen LogP) is 4.42. The summed E-state index contributed by atoms with van der Waals surface area (Å²) < 4.78 is 6.37. The number of rotatable bonds is 8. The molecule has 1 aromatic carbocycles. The maximum absolute atomic E-state index is 5.22. The van der Waals surface area contributed by atoms with Crippen LogP contribution in [0.15, 0.2) is 22.7 Å². The lowest BCUT2D eigenvalue weighted by Gasteiger charge is -2.25. The smallest absolute Gasteiger partial charge is 0.120 e. The molecule has 0 aromatic heterocycles. The summed E-state index contributed by atoms with van der Waals surface area (Å²) in [6.07, 6.45) is 3.52. The molecular weight excluding hydrogens is 302 g/mol. The van der Waals surface area contributed by atoms with Gasteiger partial charge in [-0.25, -0.2) is 0 Å². The lowest BCUT2D eigenvalue weighted by atomic mass is 9.83. The summed E-state index contributed by atoms with van der Waals surface area (Å²) >= 11 is 3.63. The number of benzene rings is 1. The number of nitrogens with one attached hydrogen (secondary N) is 1. The van der Waals surface area contributed by atoms with Crippen LogP contribution in [0, 0.1) is 5.41 Å². The molecule has 0 atom stereocenters. The molecule has 19 heavy (non-hydrogen) atoms. The Kier molecular flexibility index (Phi) is 6.87. The highest BCUT2D eigenvalue weighted by Crippen LogP contribution is 2.30. The molecule has 0 unspecified atom stereocenters. The van der Waals surface area contributed by atoms with Gasteiger partial charge in [-0.3, -0.25) is 0 Å². The lowest BCUT2D eigenvalue weighted by Crippen LogP contribution is -2.22. The van der Waals surface area contributed by atoms with Gasteiger partial charge in [0.1, 0.15) is 5.75 Å². The van der Waals surface area contributed by atoms with Crippen LogP contribution < -0.4 is 10.1 Å². The Morgan fingerprint density at radius 1 is 1.26 bits per heavy atom. The third-order valence-corrected chi connectivity index (χ3v) is 4.30. The second kappa shape index (κ2) is 7.91. The molecule has 1 aromatic rings. The van der Waals surface area contributed by atoms with Crippen molar-refractivity contribution in [3.05, 3.63) is 28.2 Å². The van der Waals surface area contributed by atoms with Crippen molar-refractivity contribution in [1.29, 1.82) is 0 Å². The first-order valence-corrected chi connectivity index (χ1v) is 7.81. The Balaban J connectivity index is 2.51. The van der Waals surface area contributed by atoms with E-state index in [0.717, 1.165) is 29.7 Å². The third-order valence-electron chi connectivity index (χ3n) is 3.56. The van der Waals surface area contributed by atoms with Gasteiger partial charge in [0.25, 0.3) is 0 Å². The van der Waals surface area contributed by atoms with Gasteiger partial charge in [-0.15, -0.1) is 0 Å². The minimum atomic E-state index is 0.377. The molecule has 0 amide bonds. The number of hydrogen-bond donors (Lipinski definition) is 1. The molecule has 0 heterocycles. The van der Waals surface area contributed by atoms with Crippen LogP contribution in [0.2, 0.25) is 0 Å². The highest BCUT2D eigenvalue weighted by atomic mass is 79.9. The van der Waals surface area contributed by atoms with Gasteiger partial charge in [-0.05, 0) is 55.5 Å². The Bertz CT molecular complexity index is 390. The van der Waals surface area contributed by atoms with Crippen molar-refractivity contribution in [1.82, 2.24) is 5.32 Å². The molecule has 0 fully saturated rings. The molecule has 0 saturated heterocycles. The van der Waals surface area contributed by atoms with Crippen molar-refractivity contribution >= 4 is 15.9 Å². The van der Waals surface area contributed by atoms with Crippen LogP contribution in [0.5, 0.6) is 5.75 Å². The molecule has 0 aliphatic heterocycles. The van der Waals surface area contributed by atoms with Crippen LogP contribution in [0.4, 0.5) is 0 Å². The van der Waals surface area contributed by atoms with E-state index in [1.807, 2.05) is 12.1 Å². The normalized spacial score (nSPS) is 11.6. The lowest BCUT2D eigenvalue weighted by molar-refractivity contribution is 0.303. The monoisotopic (exact) mass is 327 g/mol. The topological polar surface area (TPSA) is 21.3 Å². The fourth-order valence-electron chi connectivity index (χ4n) is 2.06. The van der Waals surface area contributed by atoms with Crippen molar-refractivity contribution in [2.75, 3.05) is 20.2 Å². The minimum absolute atomic E-state index is 0.377. The van der Waals surface area contributed by atoms with Crippen LogP contribution in [0.1, 0.15) is 39.2 Å². The van der Waals surface area contributed by atoms with Crippen molar-refractivity contribution in [2.45, 2.75) is 40.0 Å². The molecule has 0 aliphatic rings. The molecular formula is C16H26BrNO. The summed E-state index contributed by atoms with van der Waals surface area (Å²) in [6, 6.07) is 6.23. The summed E-state index contributed by atoms with van der Waals surface area (Å²) in [4.78, 5) is 0. The zero-order valence-electron chi connectivity index (χ0n) is 12.6. The maximum atomic E-state index is 5.22. The Morgan fingerprint density at radius 2 is 2.00 bits per heavy atom. The van der Waals surface area contributed by atoms with Crippen molar-refractivity contribution in [2.24, 2.45) is 5.41 Å². The molecule has 0 saturated carbocycles. The van der Waals surface area contributed by atoms with Crippen molar-refractivity contribution in [3.8, 4) is 5.75 Å². The van der Waals surface area contributed by atoms with E-state index in [4.69, 9.17) is 4.74 Å². The molecule has 3 heteroatoms. The Hall–Kier alpha value is -0.540. The standard InChI is InChI=1S/C16H26BrNO/c1-5-18-11-10-16(2,3)9-8-13-6-7-14(19-4)12-15(13)17/h6-7,12,18H,5,8-11H2,1-4H3. The number of ether oxygens (including phenoxy) is 1. The average molecular weight is 328 g/mol.